The summed E-state index contributed by atoms with van der Waals surface area (Å²) in [7, 11) is 1.57. The maximum Gasteiger partial charge on any atom is 0.270 e. The normalized spacial score (nSPS) is 13.1. The van der Waals surface area contributed by atoms with Crippen LogP contribution in [-0.4, -0.2) is 29.1 Å². The number of anilines is 2. The molecule has 0 radical (unpaired) electrons. The highest BCUT2D eigenvalue weighted by atomic mass is 35.5. The summed E-state index contributed by atoms with van der Waals surface area (Å²) in [5, 5.41) is 6.76. The summed E-state index contributed by atoms with van der Waals surface area (Å²) < 4.78 is 7.40. The third-order valence-corrected chi connectivity index (χ3v) is 4.65. The number of nitrogens with one attached hydrogen (secondary N) is 2. The van der Waals surface area contributed by atoms with Crippen LogP contribution in [0.2, 0.25) is 5.02 Å². The quantitative estimate of drug-likeness (QED) is 0.736. The number of carbonyl (C=O) groups excluding carboxylic acids is 1. The van der Waals surface area contributed by atoms with Crippen LogP contribution >= 0.6 is 11.6 Å². The molecule has 0 aliphatic carbocycles. The molecule has 4 rings (SSSR count). The topological polar surface area (TPSA) is 68.2 Å². The number of benzene rings is 1. The molecule has 132 valence electrons. The van der Waals surface area contributed by atoms with Crippen molar-refractivity contribution in [2.75, 3.05) is 19.0 Å². The van der Waals surface area contributed by atoms with E-state index >= 15 is 0 Å². The number of methoxy groups -OCH3 is 1. The minimum absolute atomic E-state index is 0.111. The third kappa shape index (κ3) is 2.78. The first-order valence-electron chi connectivity index (χ1n) is 8.20. The molecule has 1 amide bonds. The molecule has 1 aliphatic rings. The molecule has 3 heterocycles. The van der Waals surface area contributed by atoms with E-state index in [0.29, 0.717) is 40.9 Å². The van der Waals surface area contributed by atoms with Crippen molar-refractivity contribution in [1.29, 1.82) is 0 Å². The number of aromatic nitrogens is 2. The number of halogens is 1. The number of hydrogen-bond donors (Lipinski definition) is 2. The van der Waals surface area contributed by atoms with Crippen molar-refractivity contribution in [2.45, 2.75) is 6.54 Å². The molecule has 0 saturated heterocycles. The number of rotatable bonds is 4. The second-order valence-corrected chi connectivity index (χ2v) is 6.30. The maximum absolute atomic E-state index is 12.5. The van der Waals surface area contributed by atoms with E-state index in [1.165, 1.54) is 0 Å². The largest absolute Gasteiger partial charge is 0.493 e. The Hall–Kier alpha value is -2.99. The Morgan fingerprint density at radius 3 is 2.85 bits per heavy atom. The van der Waals surface area contributed by atoms with Crippen molar-refractivity contribution in [2.24, 2.45) is 0 Å². The highest BCUT2D eigenvalue weighted by molar-refractivity contribution is 6.32. The summed E-state index contributed by atoms with van der Waals surface area (Å²) in [6, 6.07) is 9.30. The highest BCUT2D eigenvalue weighted by Crippen LogP contribution is 2.40. The van der Waals surface area contributed by atoms with Gasteiger partial charge in [0.1, 0.15) is 5.69 Å². The lowest BCUT2D eigenvalue weighted by Gasteiger charge is -2.18. The van der Waals surface area contributed by atoms with Crippen LogP contribution in [0.4, 0.5) is 11.4 Å². The lowest BCUT2D eigenvalue weighted by atomic mass is 10.1. The van der Waals surface area contributed by atoms with Gasteiger partial charge in [-0.25, -0.2) is 0 Å². The monoisotopic (exact) mass is 368 g/mol. The number of nitrogens with zero attached hydrogens (tertiary/aromatic N) is 2. The average molecular weight is 369 g/mol. The summed E-state index contributed by atoms with van der Waals surface area (Å²) in [6.45, 7) is 1.32. The van der Waals surface area contributed by atoms with Gasteiger partial charge in [0.05, 0.1) is 23.5 Å². The Balaban J connectivity index is 1.88. The lowest BCUT2D eigenvalue weighted by molar-refractivity contribution is 0.0929. The summed E-state index contributed by atoms with van der Waals surface area (Å²) in [5.74, 6) is 0.422. The molecule has 26 heavy (non-hydrogen) atoms. The molecule has 0 bridgehead atoms. The van der Waals surface area contributed by atoms with Crippen LogP contribution < -0.4 is 15.4 Å². The number of fused-ring (bicyclic) bond motifs is 1. The zero-order chi connectivity index (χ0) is 18.1. The van der Waals surface area contributed by atoms with E-state index in [9.17, 15) is 4.79 Å². The van der Waals surface area contributed by atoms with Gasteiger partial charge in [-0.3, -0.25) is 9.78 Å². The Morgan fingerprint density at radius 2 is 2.08 bits per heavy atom. The van der Waals surface area contributed by atoms with Crippen molar-refractivity contribution < 1.29 is 9.53 Å². The van der Waals surface area contributed by atoms with Crippen LogP contribution in [0.25, 0.3) is 11.1 Å². The molecular formula is C19H17ClN4O2. The summed E-state index contributed by atoms with van der Waals surface area (Å²) >= 11 is 6.24. The van der Waals surface area contributed by atoms with Gasteiger partial charge < -0.3 is 19.9 Å². The Morgan fingerprint density at radius 1 is 1.27 bits per heavy atom. The maximum atomic E-state index is 12.5. The first-order valence-corrected chi connectivity index (χ1v) is 8.58. The van der Waals surface area contributed by atoms with Gasteiger partial charge in [-0.1, -0.05) is 17.7 Å². The van der Waals surface area contributed by atoms with E-state index in [1.807, 2.05) is 35.0 Å². The van der Waals surface area contributed by atoms with Gasteiger partial charge in [0.15, 0.2) is 5.75 Å². The van der Waals surface area contributed by atoms with Crippen molar-refractivity contribution in [3.63, 3.8) is 0 Å². The highest BCUT2D eigenvalue weighted by Gasteiger charge is 2.26. The molecule has 0 saturated carbocycles. The standard InChI is InChI=1S/C19H17ClN4O2/c1-26-18-14(20)3-2-4-15(18)23-16-13(12-5-7-21-8-6-12)11-24-10-9-22-19(25)17(16)24/h2-8,11,23H,9-10H2,1H3,(H,22,25). The van der Waals surface area contributed by atoms with Gasteiger partial charge in [-0.05, 0) is 29.8 Å². The molecular weight excluding hydrogens is 352 g/mol. The Labute approximate surface area is 155 Å². The average Bonchev–Trinajstić information content (AvgIpc) is 3.02. The number of carbonyl (C=O) groups is 1. The van der Waals surface area contributed by atoms with Gasteiger partial charge >= 0.3 is 0 Å². The van der Waals surface area contributed by atoms with E-state index < -0.39 is 0 Å². The number of hydrogen-bond acceptors (Lipinski definition) is 4. The molecule has 0 unspecified atom stereocenters. The van der Waals surface area contributed by atoms with Gasteiger partial charge in [0.2, 0.25) is 0 Å². The van der Waals surface area contributed by atoms with E-state index in [1.54, 1.807) is 25.6 Å². The molecule has 0 fully saturated rings. The first kappa shape index (κ1) is 16.5. The minimum atomic E-state index is -0.111. The minimum Gasteiger partial charge on any atom is -0.493 e. The van der Waals surface area contributed by atoms with Crippen molar-refractivity contribution in [3.8, 4) is 16.9 Å². The molecule has 0 spiro atoms. The second-order valence-electron chi connectivity index (χ2n) is 5.90. The van der Waals surface area contributed by atoms with Crippen LogP contribution in [0.15, 0.2) is 48.9 Å². The SMILES string of the molecule is COc1c(Cl)cccc1Nc1c(-c2ccncc2)cn2c1C(=O)NCC2. The smallest absolute Gasteiger partial charge is 0.270 e. The summed E-state index contributed by atoms with van der Waals surface area (Å²) in [5.41, 5.74) is 3.89. The molecule has 1 aliphatic heterocycles. The zero-order valence-electron chi connectivity index (χ0n) is 14.1. The Bertz CT molecular complexity index is 969. The number of amides is 1. The van der Waals surface area contributed by atoms with Crippen LogP contribution in [-0.2, 0) is 6.54 Å². The summed E-state index contributed by atoms with van der Waals surface area (Å²) in [4.78, 5) is 16.6. The van der Waals surface area contributed by atoms with Gasteiger partial charge in [-0.15, -0.1) is 0 Å². The molecule has 0 atom stereocenters. The van der Waals surface area contributed by atoms with Crippen LogP contribution in [0.1, 0.15) is 10.5 Å². The van der Waals surface area contributed by atoms with Crippen molar-refractivity contribution in [3.05, 3.63) is 59.6 Å². The summed E-state index contributed by atoms with van der Waals surface area (Å²) in [6.07, 6.45) is 5.45. The zero-order valence-corrected chi connectivity index (χ0v) is 14.9. The van der Waals surface area contributed by atoms with Gasteiger partial charge in [0.25, 0.3) is 5.91 Å². The fourth-order valence-corrected chi connectivity index (χ4v) is 3.43. The van der Waals surface area contributed by atoms with Crippen LogP contribution in [0, 0.1) is 0 Å². The molecule has 3 aromatic rings. The molecule has 2 aromatic heterocycles. The van der Waals surface area contributed by atoms with Gasteiger partial charge in [0, 0.05) is 37.2 Å². The van der Waals surface area contributed by atoms with E-state index in [-0.39, 0.29) is 5.91 Å². The number of ether oxygens (including phenoxy) is 1. The third-order valence-electron chi connectivity index (χ3n) is 4.35. The molecule has 1 aromatic carbocycles. The van der Waals surface area contributed by atoms with E-state index in [0.717, 1.165) is 11.1 Å². The number of pyridine rings is 1. The van der Waals surface area contributed by atoms with Crippen LogP contribution in [0.5, 0.6) is 5.75 Å². The lowest BCUT2D eigenvalue weighted by Crippen LogP contribution is -2.35. The predicted octanol–water partition coefficient (Wildman–Crippen LogP) is 3.70. The molecule has 6 nitrogen and oxygen atoms in total. The fraction of sp³-hybridized carbons (Fsp3) is 0.158. The van der Waals surface area contributed by atoms with Crippen molar-refractivity contribution in [1.82, 2.24) is 14.9 Å². The van der Waals surface area contributed by atoms with Gasteiger partial charge in [-0.2, -0.15) is 0 Å². The Kier molecular flexibility index (Phi) is 4.26. The number of para-hydroxylation sites is 1. The predicted molar refractivity (Wildman–Crippen MR) is 101 cm³/mol. The molecule has 7 heteroatoms. The fourth-order valence-electron chi connectivity index (χ4n) is 3.18. The van der Waals surface area contributed by atoms with Crippen molar-refractivity contribution >= 4 is 28.9 Å². The second kappa shape index (κ2) is 6.72. The van der Waals surface area contributed by atoms with E-state index in [2.05, 4.69) is 15.6 Å². The molecule has 2 N–H and O–H groups in total. The first-order chi connectivity index (χ1) is 12.7. The van der Waals surface area contributed by atoms with E-state index in [4.69, 9.17) is 16.3 Å². The van der Waals surface area contributed by atoms with Crippen LogP contribution in [0.3, 0.4) is 0 Å².